The van der Waals surface area contributed by atoms with E-state index in [9.17, 15) is 0 Å². The van der Waals surface area contributed by atoms with E-state index in [1.54, 1.807) is 4.68 Å². The molecule has 0 unspecified atom stereocenters. The van der Waals surface area contributed by atoms with Crippen molar-refractivity contribution in [3.05, 3.63) is 59.9 Å². The molecule has 4 aromatic rings. The first kappa shape index (κ1) is 19.3. The van der Waals surface area contributed by atoms with Gasteiger partial charge in [0.1, 0.15) is 0 Å². The maximum absolute atomic E-state index is 5.44. The highest BCUT2D eigenvalue weighted by molar-refractivity contribution is 5.80. The molecule has 0 saturated heterocycles. The summed E-state index contributed by atoms with van der Waals surface area (Å²) in [6, 6.07) is 16.7. The van der Waals surface area contributed by atoms with Crippen LogP contribution in [0.3, 0.4) is 0 Å². The smallest absolute Gasteiger partial charge is 0.336 e. The van der Waals surface area contributed by atoms with Gasteiger partial charge >= 0.3 is 6.01 Å². The molecule has 150 valence electrons. The van der Waals surface area contributed by atoms with Gasteiger partial charge < -0.3 is 4.74 Å². The Morgan fingerprint density at radius 3 is 2.53 bits per heavy atom. The second-order valence-electron chi connectivity index (χ2n) is 6.46. The van der Waals surface area contributed by atoms with Gasteiger partial charge in [0.05, 0.1) is 13.2 Å². The standard InChI is InChI=1S/C22H21N7O/c1-3-5-10-20-23-22(30-4-2)26-29(20)15-16-11-13-17(14-12-16)18-8-6-7-9-19(18)21-24-27-28-25-21/h6-9,11-14H,3-4,15H2,1-2H3,(H,24,25,27,28). The van der Waals surface area contributed by atoms with Gasteiger partial charge in [-0.3, -0.25) is 0 Å². The van der Waals surface area contributed by atoms with Crippen molar-refractivity contribution in [1.29, 1.82) is 0 Å². The molecular weight excluding hydrogens is 378 g/mol. The summed E-state index contributed by atoms with van der Waals surface area (Å²) in [5.74, 6) is 7.35. The Kier molecular flexibility index (Phi) is 5.80. The van der Waals surface area contributed by atoms with Crippen molar-refractivity contribution in [2.24, 2.45) is 0 Å². The fraction of sp³-hybridized carbons (Fsp3) is 0.227. The van der Waals surface area contributed by atoms with Gasteiger partial charge in [-0.05, 0) is 40.0 Å². The number of nitrogens with one attached hydrogen (secondary N) is 1. The zero-order valence-electron chi connectivity index (χ0n) is 16.8. The molecule has 8 nitrogen and oxygen atoms in total. The number of nitrogens with zero attached hydrogens (tertiary/aromatic N) is 6. The molecule has 0 aliphatic heterocycles. The van der Waals surface area contributed by atoms with Gasteiger partial charge in [0.2, 0.25) is 5.82 Å². The summed E-state index contributed by atoms with van der Waals surface area (Å²) in [5, 5.41) is 18.7. The second kappa shape index (κ2) is 9.01. The van der Waals surface area contributed by atoms with Crippen LogP contribution in [0.2, 0.25) is 0 Å². The van der Waals surface area contributed by atoms with E-state index in [0.29, 0.717) is 30.8 Å². The highest BCUT2D eigenvalue weighted by Crippen LogP contribution is 2.29. The van der Waals surface area contributed by atoms with E-state index in [0.717, 1.165) is 28.7 Å². The highest BCUT2D eigenvalue weighted by atomic mass is 16.5. The molecular formula is C22H21N7O. The van der Waals surface area contributed by atoms with Crippen LogP contribution in [0.5, 0.6) is 6.01 Å². The van der Waals surface area contributed by atoms with Crippen LogP contribution in [-0.2, 0) is 6.54 Å². The molecule has 2 heterocycles. The van der Waals surface area contributed by atoms with Crippen LogP contribution in [0.1, 0.15) is 31.7 Å². The van der Waals surface area contributed by atoms with Gasteiger partial charge in [-0.1, -0.05) is 61.4 Å². The van der Waals surface area contributed by atoms with Crippen molar-refractivity contribution >= 4 is 0 Å². The summed E-state index contributed by atoms with van der Waals surface area (Å²) in [5.41, 5.74) is 4.16. The van der Waals surface area contributed by atoms with Gasteiger partial charge in [0.15, 0.2) is 5.82 Å². The van der Waals surface area contributed by atoms with Crippen molar-refractivity contribution in [3.8, 4) is 40.4 Å². The molecule has 8 heteroatoms. The topological polar surface area (TPSA) is 94.4 Å². The van der Waals surface area contributed by atoms with Crippen LogP contribution in [0.4, 0.5) is 0 Å². The van der Waals surface area contributed by atoms with Crippen LogP contribution in [0.15, 0.2) is 48.5 Å². The molecule has 0 spiro atoms. The van der Waals surface area contributed by atoms with Crippen LogP contribution in [0.25, 0.3) is 22.5 Å². The second-order valence-corrected chi connectivity index (χ2v) is 6.46. The molecule has 0 saturated carbocycles. The molecule has 0 fully saturated rings. The Bertz CT molecular complexity index is 1170. The van der Waals surface area contributed by atoms with E-state index in [2.05, 4.69) is 72.9 Å². The van der Waals surface area contributed by atoms with Crippen LogP contribution in [0, 0.1) is 11.8 Å². The van der Waals surface area contributed by atoms with Gasteiger partial charge in [0.25, 0.3) is 0 Å². The van der Waals surface area contributed by atoms with Crippen LogP contribution < -0.4 is 4.74 Å². The Labute approximate surface area is 174 Å². The minimum Gasteiger partial charge on any atom is -0.463 e. The molecule has 0 radical (unpaired) electrons. The molecule has 2 aromatic carbocycles. The molecule has 0 atom stereocenters. The zero-order valence-corrected chi connectivity index (χ0v) is 16.8. The van der Waals surface area contributed by atoms with Crippen molar-refractivity contribution in [3.63, 3.8) is 0 Å². The van der Waals surface area contributed by atoms with Gasteiger partial charge in [-0.25, -0.2) is 9.78 Å². The van der Waals surface area contributed by atoms with Crippen molar-refractivity contribution in [1.82, 2.24) is 35.4 Å². The first-order valence-electron chi connectivity index (χ1n) is 9.77. The lowest BCUT2D eigenvalue weighted by Crippen LogP contribution is -2.05. The fourth-order valence-electron chi connectivity index (χ4n) is 3.06. The largest absolute Gasteiger partial charge is 0.463 e. The minimum atomic E-state index is 0.351. The third kappa shape index (κ3) is 4.20. The lowest BCUT2D eigenvalue weighted by atomic mass is 9.98. The summed E-state index contributed by atoms with van der Waals surface area (Å²) in [7, 11) is 0. The number of aromatic amines is 1. The third-order valence-corrected chi connectivity index (χ3v) is 4.43. The van der Waals surface area contributed by atoms with E-state index >= 15 is 0 Å². The predicted molar refractivity (Wildman–Crippen MR) is 113 cm³/mol. The average molecular weight is 399 g/mol. The van der Waals surface area contributed by atoms with Crippen molar-refractivity contribution in [2.45, 2.75) is 26.8 Å². The molecule has 0 aliphatic rings. The number of benzene rings is 2. The van der Waals surface area contributed by atoms with E-state index < -0.39 is 0 Å². The average Bonchev–Trinajstić information content (AvgIpc) is 3.44. The molecule has 0 bridgehead atoms. The normalized spacial score (nSPS) is 10.5. The Hall–Kier alpha value is -3.99. The number of H-pyrrole nitrogens is 1. The Morgan fingerprint density at radius 1 is 1.03 bits per heavy atom. The zero-order chi connectivity index (χ0) is 20.8. The number of rotatable bonds is 6. The third-order valence-electron chi connectivity index (χ3n) is 4.43. The molecule has 30 heavy (non-hydrogen) atoms. The summed E-state index contributed by atoms with van der Waals surface area (Å²) >= 11 is 0. The lowest BCUT2D eigenvalue weighted by molar-refractivity contribution is 0.311. The number of hydrogen-bond donors (Lipinski definition) is 1. The van der Waals surface area contributed by atoms with E-state index in [-0.39, 0.29) is 0 Å². The number of aromatic nitrogens is 7. The molecule has 0 amide bonds. The summed E-state index contributed by atoms with van der Waals surface area (Å²) < 4.78 is 7.22. The van der Waals surface area contributed by atoms with E-state index in [4.69, 9.17) is 4.74 Å². The fourth-order valence-corrected chi connectivity index (χ4v) is 3.06. The monoisotopic (exact) mass is 399 g/mol. The SMILES string of the molecule is CCC#Cc1nc(OCC)nn1Cc1ccc(-c2ccccc2-c2nnn[nH]2)cc1. The number of tetrazole rings is 1. The highest BCUT2D eigenvalue weighted by Gasteiger charge is 2.12. The van der Waals surface area contributed by atoms with E-state index in [1.165, 1.54) is 0 Å². The Balaban J connectivity index is 1.60. The first-order valence-corrected chi connectivity index (χ1v) is 9.77. The van der Waals surface area contributed by atoms with Crippen LogP contribution >= 0.6 is 0 Å². The van der Waals surface area contributed by atoms with E-state index in [1.807, 2.05) is 32.0 Å². The van der Waals surface area contributed by atoms with Gasteiger partial charge in [-0.15, -0.1) is 10.2 Å². The Morgan fingerprint density at radius 2 is 1.83 bits per heavy atom. The maximum atomic E-state index is 5.44. The molecule has 4 rings (SSSR count). The minimum absolute atomic E-state index is 0.351. The summed E-state index contributed by atoms with van der Waals surface area (Å²) in [6.45, 7) is 4.98. The quantitative estimate of drug-likeness (QED) is 0.500. The number of ether oxygens (including phenoxy) is 1. The maximum Gasteiger partial charge on any atom is 0.336 e. The van der Waals surface area contributed by atoms with Gasteiger partial charge in [0, 0.05) is 12.0 Å². The summed E-state index contributed by atoms with van der Waals surface area (Å²) in [4.78, 5) is 4.37. The molecule has 1 N–H and O–H groups in total. The first-order chi connectivity index (χ1) is 14.8. The van der Waals surface area contributed by atoms with Crippen molar-refractivity contribution < 1.29 is 4.74 Å². The molecule has 2 aromatic heterocycles. The molecule has 0 aliphatic carbocycles. The van der Waals surface area contributed by atoms with Gasteiger partial charge in [-0.2, -0.15) is 4.98 Å². The predicted octanol–water partition coefficient (Wildman–Crippen LogP) is 3.33. The lowest BCUT2D eigenvalue weighted by Gasteiger charge is -2.08. The van der Waals surface area contributed by atoms with Crippen LogP contribution in [-0.4, -0.2) is 42.0 Å². The summed E-state index contributed by atoms with van der Waals surface area (Å²) in [6.07, 6.45) is 0.756. The van der Waals surface area contributed by atoms with Crippen molar-refractivity contribution in [2.75, 3.05) is 6.61 Å². The number of hydrogen-bond acceptors (Lipinski definition) is 6.